The topological polar surface area (TPSA) is 105 Å². The average Bonchev–Trinajstić information content (AvgIpc) is 2.37. The van der Waals surface area contributed by atoms with E-state index in [1.165, 1.54) is 0 Å². The molecule has 0 N–H and O–H groups in total. The van der Waals surface area contributed by atoms with Crippen molar-refractivity contribution in [3.63, 3.8) is 0 Å². The molecule has 0 aliphatic heterocycles. The van der Waals surface area contributed by atoms with Gasteiger partial charge in [0.05, 0.1) is 0 Å². The number of sulfonamides is 1. The van der Waals surface area contributed by atoms with E-state index in [0.29, 0.717) is 19.3 Å². The van der Waals surface area contributed by atoms with Gasteiger partial charge in [0.25, 0.3) is 0 Å². The van der Waals surface area contributed by atoms with Crippen molar-refractivity contribution in [1.29, 1.82) is 0 Å². The quantitative estimate of drug-likeness (QED) is 0.511. The maximum absolute atomic E-state index is 13.4. The van der Waals surface area contributed by atoms with E-state index in [2.05, 4.69) is 4.72 Å². The molecule has 0 aromatic rings. The summed E-state index contributed by atoms with van der Waals surface area (Å²) < 4.78 is 135. The molecule has 1 aliphatic rings. The number of halogens is 6. The van der Waals surface area contributed by atoms with Gasteiger partial charge >= 0.3 is 16.4 Å². The molecule has 0 aromatic heterocycles. The molecule has 0 atom stereocenters. The van der Waals surface area contributed by atoms with Crippen molar-refractivity contribution in [2.24, 2.45) is 0 Å². The van der Waals surface area contributed by atoms with Crippen LogP contribution in [0.15, 0.2) is 0 Å². The molecule has 0 aromatic carbocycles. The Balaban J connectivity index is 3.21. The van der Waals surface area contributed by atoms with Gasteiger partial charge in [-0.15, -0.1) is 6.04 Å². The van der Waals surface area contributed by atoms with Gasteiger partial charge in [-0.3, -0.25) is 0 Å². The van der Waals surface area contributed by atoms with Gasteiger partial charge in [-0.25, -0.2) is 16.8 Å². The lowest BCUT2D eigenvalue weighted by Crippen LogP contribution is -2.60. The van der Waals surface area contributed by atoms with Crippen LogP contribution in [0.2, 0.25) is 0 Å². The third-order valence-electron chi connectivity index (χ3n) is 3.23. The highest BCUT2D eigenvalue weighted by Gasteiger charge is 2.78. The second-order valence-electron chi connectivity index (χ2n) is 4.93. The molecule has 1 saturated carbocycles. The highest BCUT2D eigenvalue weighted by molar-refractivity contribution is 7.95. The second-order valence-corrected chi connectivity index (χ2v) is 8.03. The number of hydrogen-bond acceptors (Lipinski definition) is 5. The molecule has 0 spiro atoms. The lowest BCUT2D eigenvalue weighted by molar-refractivity contribution is -0.245. The van der Waals surface area contributed by atoms with E-state index in [-0.39, 0.29) is 12.8 Å². The maximum Gasteiger partial charge on any atom is 0.403 e. The predicted molar refractivity (Wildman–Crippen MR) is 63.7 cm³/mol. The molecule has 1 fully saturated rings. The van der Waals surface area contributed by atoms with Crippen LogP contribution in [-0.2, 0) is 20.1 Å². The summed E-state index contributed by atoms with van der Waals surface area (Å²) in [7, 11) is -13.8. The van der Waals surface area contributed by atoms with Gasteiger partial charge < -0.3 is 9.27 Å². The zero-order valence-corrected chi connectivity index (χ0v) is 12.8. The fourth-order valence-corrected chi connectivity index (χ4v) is 3.63. The van der Waals surface area contributed by atoms with Crippen LogP contribution in [0.1, 0.15) is 32.1 Å². The van der Waals surface area contributed by atoms with E-state index in [9.17, 15) is 47.7 Å². The minimum atomic E-state index is -7.26. The van der Waals surface area contributed by atoms with E-state index in [4.69, 9.17) is 0 Å². The fourth-order valence-electron chi connectivity index (χ4n) is 1.94. The summed E-state index contributed by atoms with van der Waals surface area (Å²) in [6, 6.07) is -1.30. The van der Waals surface area contributed by atoms with Gasteiger partial charge in [-0.05, 0) is 0 Å². The minimum absolute atomic E-state index is 0.0306. The first-order valence-corrected chi connectivity index (χ1v) is 8.98. The predicted octanol–water partition coefficient (Wildman–Crippen LogP) is 2.39. The summed E-state index contributed by atoms with van der Waals surface area (Å²) in [4.78, 5) is 0. The van der Waals surface area contributed by atoms with E-state index in [1.807, 2.05) is 0 Å². The molecule has 0 amide bonds. The minimum Gasteiger partial charge on any atom is -0.743 e. The molecule has 1 rings (SSSR count). The molecular weight excluding hydrogens is 380 g/mol. The van der Waals surface area contributed by atoms with Crippen molar-refractivity contribution >= 4 is 20.1 Å². The average molecular weight is 391 g/mol. The standard InChI is InChI=1S/C9H12F6NO5S2/c10-7(11,9(14,15)23(19,20)21)8(12,13)22(17,18)16-6-4-2-1-3-5-6/h6H,1-5H2,(H,19,20,21)/q-1/p-1. The Morgan fingerprint density at radius 3 is 1.65 bits per heavy atom. The highest BCUT2D eigenvalue weighted by atomic mass is 32.2. The Morgan fingerprint density at radius 1 is 0.826 bits per heavy atom. The Bertz CT molecular complexity index is 641. The first kappa shape index (κ1) is 20.4. The monoisotopic (exact) mass is 391 g/mol. The lowest BCUT2D eigenvalue weighted by Gasteiger charge is -2.40. The first-order chi connectivity index (χ1) is 10.1. The number of rotatable bonds is 6. The van der Waals surface area contributed by atoms with Crippen LogP contribution < -0.4 is 0 Å². The van der Waals surface area contributed by atoms with Crippen LogP contribution in [0.25, 0.3) is 4.72 Å². The summed E-state index contributed by atoms with van der Waals surface area (Å²) in [5, 5.41) is -13.4. The first-order valence-electron chi connectivity index (χ1n) is 6.13. The van der Waals surface area contributed by atoms with Crippen molar-refractivity contribution in [3.8, 4) is 0 Å². The van der Waals surface area contributed by atoms with E-state index in [0.717, 1.165) is 0 Å². The fraction of sp³-hybridized carbons (Fsp3) is 1.00. The molecule has 23 heavy (non-hydrogen) atoms. The molecule has 0 unspecified atom stereocenters. The second kappa shape index (κ2) is 6.04. The molecule has 0 radical (unpaired) electrons. The van der Waals surface area contributed by atoms with Crippen molar-refractivity contribution in [3.05, 3.63) is 4.72 Å². The van der Waals surface area contributed by atoms with Gasteiger partial charge in [0, 0.05) is 0 Å². The van der Waals surface area contributed by atoms with E-state index < -0.39 is 42.6 Å². The number of alkyl halides is 6. The Morgan fingerprint density at radius 2 is 1.26 bits per heavy atom. The largest absolute Gasteiger partial charge is 0.743 e. The summed E-state index contributed by atoms with van der Waals surface area (Å²) in [5.74, 6) is -6.99. The van der Waals surface area contributed by atoms with E-state index in [1.54, 1.807) is 0 Å². The van der Waals surface area contributed by atoms with Gasteiger partial charge in [-0.1, -0.05) is 32.1 Å². The van der Waals surface area contributed by atoms with Crippen molar-refractivity contribution in [2.75, 3.05) is 0 Å². The van der Waals surface area contributed by atoms with Crippen LogP contribution in [0.5, 0.6) is 0 Å². The third kappa shape index (κ3) is 3.44. The Kier molecular flexibility index (Phi) is 5.37. The molecule has 0 saturated heterocycles. The molecule has 6 nitrogen and oxygen atoms in total. The summed E-state index contributed by atoms with van der Waals surface area (Å²) in [5.41, 5.74) is 0. The van der Waals surface area contributed by atoms with Crippen LogP contribution in [0.4, 0.5) is 26.3 Å². The zero-order valence-electron chi connectivity index (χ0n) is 11.2. The summed E-state index contributed by atoms with van der Waals surface area (Å²) in [6.45, 7) is 0. The zero-order chi connectivity index (χ0) is 18.3. The van der Waals surface area contributed by atoms with Crippen molar-refractivity contribution < 1.29 is 47.7 Å². The van der Waals surface area contributed by atoms with Gasteiger partial charge in [0.1, 0.15) is 10.0 Å². The normalized spacial score (nSPS) is 19.8. The molecular formula is C9H11F6NO5S2-2. The molecule has 0 heterocycles. The van der Waals surface area contributed by atoms with Crippen LogP contribution >= 0.6 is 0 Å². The van der Waals surface area contributed by atoms with Crippen molar-refractivity contribution in [1.82, 2.24) is 0 Å². The van der Waals surface area contributed by atoms with Gasteiger partial charge in [-0.2, -0.15) is 26.3 Å². The van der Waals surface area contributed by atoms with Crippen LogP contribution in [0, 0.1) is 0 Å². The smallest absolute Gasteiger partial charge is 0.403 e. The van der Waals surface area contributed by atoms with Crippen LogP contribution in [0.3, 0.4) is 0 Å². The van der Waals surface area contributed by atoms with Crippen molar-refractivity contribution in [2.45, 2.75) is 54.6 Å². The summed E-state index contributed by atoms with van der Waals surface area (Å²) >= 11 is 0. The number of nitrogens with zero attached hydrogens (tertiary/aromatic N) is 1. The molecule has 1 aliphatic carbocycles. The lowest BCUT2D eigenvalue weighted by atomic mass is 9.96. The SMILES string of the molecule is O=S(=O)([O-])C(F)(F)C(F)(F)C(F)(F)S(=O)(=O)[N-]C1CCCCC1. The van der Waals surface area contributed by atoms with Gasteiger partial charge in [0.2, 0.25) is 0 Å². The molecule has 138 valence electrons. The third-order valence-corrected chi connectivity index (χ3v) is 5.60. The van der Waals surface area contributed by atoms with Crippen LogP contribution in [-0.4, -0.2) is 43.9 Å². The Labute approximate surface area is 128 Å². The van der Waals surface area contributed by atoms with E-state index >= 15 is 0 Å². The number of hydrogen-bond donors (Lipinski definition) is 0. The summed E-state index contributed by atoms with van der Waals surface area (Å²) in [6.07, 6.45) is 1.31. The Hall–Kier alpha value is -0.600. The van der Waals surface area contributed by atoms with Gasteiger partial charge in [0.15, 0.2) is 10.1 Å². The maximum atomic E-state index is 13.4. The molecule has 14 heteroatoms. The molecule has 0 bridgehead atoms. The highest BCUT2D eigenvalue weighted by Crippen LogP contribution is 2.52.